The van der Waals surface area contributed by atoms with Crippen LogP contribution in [0.3, 0.4) is 0 Å². The van der Waals surface area contributed by atoms with Gasteiger partial charge in [0.25, 0.3) is 5.56 Å². The van der Waals surface area contributed by atoms with Crippen LogP contribution in [0.25, 0.3) is 10.9 Å². The van der Waals surface area contributed by atoms with Crippen molar-refractivity contribution in [1.82, 2.24) is 29.8 Å². The third-order valence-corrected chi connectivity index (χ3v) is 4.61. The number of fused-ring (bicyclic) bond motifs is 1. The van der Waals surface area contributed by atoms with Gasteiger partial charge < -0.3 is 0 Å². The van der Waals surface area contributed by atoms with Crippen LogP contribution in [0.1, 0.15) is 26.1 Å². The largest absolute Gasteiger partial charge is 0.287 e. The van der Waals surface area contributed by atoms with Gasteiger partial charge in [-0.2, -0.15) is 4.80 Å². The van der Waals surface area contributed by atoms with Gasteiger partial charge in [0, 0.05) is 6.54 Å². The van der Waals surface area contributed by atoms with E-state index in [1.165, 1.54) is 16.6 Å². The molecular weight excluding hydrogens is 324 g/mol. The van der Waals surface area contributed by atoms with E-state index in [0.717, 1.165) is 11.9 Å². The monoisotopic (exact) mass is 344 g/mol. The normalized spacial score (nSPS) is 11.5. The zero-order valence-corrected chi connectivity index (χ0v) is 14.8. The van der Waals surface area contributed by atoms with Crippen molar-refractivity contribution in [3.8, 4) is 0 Å². The highest BCUT2D eigenvalue weighted by molar-refractivity contribution is 7.98. The molecule has 0 radical (unpaired) electrons. The molecule has 0 aliphatic heterocycles. The standard InChI is InChI=1S/C16H20N6OS/c1-11(2)8-9-22-15(23)12-6-4-5-7-13(12)17-16(22)24-10-14-18-20-21(3)19-14/h4-7,11H,8-10H2,1-3H3. The molecule has 0 bridgehead atoms. The summed E-state index contributed by atoms with van der Waals surface area (Å²) in [6, 6.07) is 7.46. The molecule has 0 saturated carbocycles. The molecule has 0 aliphatic rings. The fourth-order valence-electron chi connectivity index (χ4n) is 2.35. The van der Waals surface area contributed by atoms with Crippen LogP contribution in [0, 0.1) is 5.92 Å². The predicted molar refractivity (Wildman–Crippen MR) is 93.8 cm³/mol. The Morgan fingerprint density at radius 1 is 1.25 bits per heavy atom. The van der Waals surface area contributed by atoms with Crippen LogP contribution in [-0.2, 0) is 19.3 Å². The number of nitrogens with zero attached hydrogens (tertiary/aromatic N) is 6. The van der Waals surface area contributed by atoms with Crippen LogP contribution in [-0.4, -0.2) is 29.8 Å². The maximum absolute atomic E-state index is 12.8. The van der Waals surface area contributed by atoms with E-state index in [0.29, 0.717) is 34.6 Å². The molecule has 0 aliphatic carbocycles. The summed E-state index contributed by atoms with van der Waals surface area (Å²) >= 11 is 1.47. The Bertz CT molecular complexity index is 901. The minimum Gasteiger partial charge on any atom is -0.287 e. The fourth-order valence-corrected chi connectivity index (χ4v) is 3.22. The highest BCUT2D eigenvalue weighted by atomic mass is 32.2. The molecule has 0 atom stereocenters. The molecule has 0 saturated heterocycles. The Labute approximate surface area is 144 Å². The van der Waals surface area contributed by atoms with Crippen molar-refractivity contribution in [3.63, 3.8) is 0 Å². The van der Waals surface area contributed by atoms with Gasteiger partial charge in [-0.1, -0.05) is 37.7 Å². The predicted octanol–water partition coefficient (Wildman–Crippen LogP) is 2.26. The van der Waals surface area contributed by atoms with Crippen molar-refractivity contribution in [2.75, 3.05) is 0 Å². The first-order valence-electron chi connectivity index (χ1n) is 7.90. The summed E-state index contributed by atoms with van der Waals surface area (Å²) in [5.74, 6) is 1.67. The van der Waals surface area contributed by atoms with E-state index in [9.17, 15) is 4.79 Å². The van der Waals surface area contributed by atoms with Gasteiger partial charge in [-0.25, -0.2) is 4.98 Å². The molecule has 126 valence electrons. The van der Waals surface area contributed by atoms with Gasteiger partial charge in [0.2, 0.25) is 0 Å². The molecule has 0 unspecified atom stereocenters. The first-order chi connectivity index (χ1) is 11.5. The quantitative estimate of drug-likeness (QED) is 0.504. The summed E-state index contributed by atoms with van der Waals surface area (Å²) in [4.78, 5) is 18.9. The molecule has 1 aromatic carbocycles. The van der Waals surface area contributed by atoms with Crippen molar-refractivity contribution < 1.29 is 0 Å². The molecule has 3 rings (SSSR count). The topological polar surface area (TPSA) is 78.5 Å². The molecule has 0 amide bonds. The third kappa shape index (κ3) is 3.64. The Hall–Kier alpha value is -2.22. The summed E-state index contributed by atoms with van der Waals surface area (Å²) in [6.07, 6.45) is 0.927. The lowest BCUT2D eigenvalue weighted by molar-refractivity contribution is 0.481. The Morgan fingerprint density at radius 3 is 2.75 bits per heavy atom. The van der Waals surface area contributed by atoms with Crippen LogP contribution >= 0.6 is 11.8 Å². The van der Waals surface area contributed by atoms with E-state index in [-0.39, 0.29) is 5.56 Å². The van der Waals surface area contributed by atoms with Crippen molar-refractivity contribution in [1.29, 1.82) is 0 Å². The number of tetrazole rings is 1. The second-order valence-electron chi connectivity index (χ2n) is 6.03. The van der Waals surface area contributed by atoms with Gasteiger partial charge in [0.1, 0.15) is 0 Å². The van der Waals surface area contributed by atoms with Gasteiger partial charge in [-0.05, 0) is 29.7 Å². The molecule has 8 heteroatoms. The van der Waals surface area contributed by atoms with Gasteiger partial charge in [0.05, 0.1) is 23.7 Å². The van der Waals surface area contributed by atoms with Crippen LogP contribution in [0.15, 0.2) is 34.2 Å². The van der Waals surface area contributed by atoms with E-state index in [1.54, 1.807) is 11.6 Å². The lowest BCUT2D eigenvalue weighted by atomic mass is 10.1. The van der Waals surface area contributed by atoms with Crippen LogP contribution in [0.4, 0.5) is 0 Å². The molecule has 0 fully saturated rings. The van der Waals surface area contributed by atoms with E-state index >= 15 is 0 Å². The number of benzene rings is 1. The smallest absolute Gasteiger partial charge is 0.262 e. The average molecular weight is 344 g/mol. The lowest BCUT2D eigenvalue weighted by Gasteiger charge is -2.13. The summed E-state index contributed by atoms with van der Waals surface area (Å²) < 4.78 is 1.77. The minimum atomic E-state index is 0.0101. The summed E-state index contributed by atoms with van der Waals surface area (Å²) in [6.45, 7) is 4.95. The number of aromatic nitrogens is 6. The van der Waals surface area contributed by atoms with Crippen LogP contribution in [0.2, 0.25) is 0 Å². The van der Waals surface area contributed by atoms with Crippen molar-refractivity contribution in [3.05, 3.63) is 40.4 Å². The van der Waals surface area contributed by atoms with Crippen molar-refractivity contribution in [2.24, 2.45) is 13.0 Å². The van der Waals surface area contributed by atoms with Crippen LogP contribution < -0.4 is 5.56 Å². The van der Waals surface area contributed by atoms with E-state index in [2.05, 4.69) is 34.2 Å². The van der Waals surface area contributed by atoms with Crippen LogP contribution in [0.5, 0.6) is 0 Å². The Morgan fingerprint density at radius 2 is 2.04 bits per heavy atom. The zero-order chi connectivity index (χ0) is 17.1. The highest BCUT2D eigenvalue weighted by Gasteiger charge is 2.13. The summed E-state index contributed by atoms with van der Waals surface area (Å²) in [5, 5.41) is 13.3. The second-order valence-corrected chi connectivity index (χ2v) is 6.98. The summed E-state index contributed by atoms with van der Waals surface area (Å²) in [5.41, 5.74) is 0.730. The van der Waals surface area contributed by atoms with E-state index < -0.39 is 0 Å². The molecule has 0 N–H and O–H groups in total. The maximum Gasteiger partial charge on any atom is 0.262 e. The van der Waals surface area contributed by atoms with Gasteiger partial charge in [0.15, 0.2) is 11.0 Å². The molecular formula is C16H20N6OS. The van der Waals surface area contributed by atoms with Crippen molar-refractivity contribution in [2.45, 2.75) is 37.7 Å². The second kappa shape index (κ2) is 7.12. The lowest BCUT2D eigenvalue weighted by Crippen LogP contribution is -2.24. The molecule has 3 aromatic rings. The average Bonchev–Trinajstić information content (AvgIpc) is 2.97. The SMILES string of the molecule is CC(C)CCn1c(SCc2nnn(C)n2)nc2ccccc2c1=O. The molecule has 2 aromatic heterocycles. The Kier molecular flexibility index (Phi) is 4.94. The number of rotatable bonds is 6. The highest BCUT2D eigenvalue weighted by Crippen LogP contribution is 2.21. The number of hydrogen-bond donors (Lipinski definition) is 0. The molecule has 2 heterocycles. The number of thioether (sulfide) groups is 1. The first-order valence-corrected chi connectivity index (χ1v) is 8.88. The van der Waals surface area contributed by atoms with Crippen molar-refractivity contribution >= 4 is 22.7 Å². The zero-order valence-electron chi connectivity index (χ0n) is 14.0. The molecule has 24 heavy (non-hydrogen) atoms. The molecule has 7 nitrogen and oxygen atoms in total. The maximum atomic E-state index is 12.8. The number of aryl methyl sites for hydroxylation is 1. The Balaban J connectivity index is 1.96. The first kappa shape index (κ1) is 16.6. The van der Waals surface area contributed by atoms with Gasteiger partial charge in [-0.3, -0.25) is 9.36 Å². The fraction of sp³-hybridized carbons (Fsp3) is 0.438. The van der Waals surface area contributed by atoms with E-state index in [1.807, 2.05) is 24.3 Å². The third-order valence-electron chi connectivity index (χ3n) is 3.64. The number of hydrogen-bond acceptors (Lipinski definition) is 6. The van der Waals surface area contributed by atoms with Gasteiger partial charge >= 0.3 is 0 Å². The minimum absolute atomic E-state index is 0.0101. The van der Waals surface area contributed by atoms with E-state index in [4.69, 9.17) is 0 Å². The number of para-hydroxylation sites is 1. The summed E-state index contributed by atoms with van der Waals surface area (Å²) in [7, 11) is 1.73. The molecule has 0 spiro atoms. The van der Waals surface area contributed by atoms with Gasteiger partial charge in [-0.15, -0.1) is 10.2 Å².